The SMILES string of the molecule is CCNC(=NCc1ccc(NC(=O)NC(C)C)cc1)N1CCC(C)CC1. The molecule has 6 heteroatoms. The number of urea groups is 1. The molecule has 0 aliphatic carbocycles. The molecule has 0 aromatic heterocycles. The molecule has 0 atom stereocenters. The minimum absolute atomic E-state index is 0.117. The number of carbonyl (C=O) groups excluding carboxylic acids is 1. The largest absolute Gasteiger partial charge is 0.357 e. The van der Waals surface area contributed by atoms with Gasteiger partial charge in [-0.15, -0.1) is 0 Å². The number of aliphatic imine (C=N–C) groups is 1. The van der Waals surface area contributed by atoms with Crippen molar-refractivity contribution in [3.05, 3.63) is 29.8 Å². The van der Waals surface area contributed by atoms with Crippen molar-refractivity contribution in [3.8, 4) is 0 Å². The second-order valence-corrected chi connectivity index (χ2v) is 7.29. The molecule has 0 bridgehead atoms. The van der Waals surface area contributed by atoms with E-state index in [0.717, 1.165) is 42.8 Å². The minimum Gasteiger partial charge on any atom is -0.357 e. The van der Waals surface area contributed by atoms with Crippen molar-refractivity contribution in [3.63, 3.8) is 0 Å². The molecular weight excluding hydrogens is 326 g/mol. The predicted molar refractivity (Wildman–Crippen MR) is 109 cm³/mol. The smallest absolute Gasteiger partial charge is 0.319 e. The summed E-state index contributed by atoms with van der Waals surface area (Å²) in [5.74, 6) is 1.81. The van der Waals surface area contributed by atoms with Gasteiger partial charge in [0, 0.05) is 31.4 Å². The molecule has 0 saturated carbocycles. The van der Waals surface area contributed by atoms with Crippen molar-refractivity contribution in [2.24, 2.45) is 10.9 Å². The fourth-order valence-corrected chi connectivity index (χ4v) is 2.94. The quantitative estimate of drug-likeness (QED) is 0.557. The van der Waals surface area contributed by atoms with Crippen LogP contribution < -0.4 is 16.0 Å². The zero-order chi connectivity index (χ0) is 18.9. The van der Waals surface area contributed by atoms with Crippen molar-refractivity contribution in [1.29, 1.82) is 0 Å². The standard InChI is InChI=1S/C20H33N5O/c1-5-21-19(25-12-10-16(4)11-13-25)22-14-17-6-8-18(9-7-17)24-20(26)23-15(2)3/h6-9,15-16H,5,10-14H2,1-4H3,(H,21,22)(H2,23,24,26). The average molecular weight is 360 g/mol. The summed E-state index contributed by atoms with van der Waals surface area (Å²) in [6.45, 7) is 11.9. The Kier molecular flexibility index (Phi) is 7.75. The predicted octanol–water partition coefficient (Wildman–Crippen LogP) is 3.41. The highest BCUT2D eigenvalue weighted by Crippen LogP contribution is 2.16. The van der Waals surface area contributed by atoms with E-state index in [1.165, 1.54) is 12.8 Å². The van der Waals surface area contributed by atoms with Gasteiger partial charge in [-0.25, -0.2) is 9.79 Å². The summed E-state index contributed by atoms with van der Waals surface area (Å²) in [7, 11) is 0. The van der Waals surface area contributed by atoms with Crippen LogP contribution >= 0.6 is 0 Å². The fraction of sp³-hybridized carbons (Fsp3) is 0.600. The van der Waals surface area contributed by atoms with E-state index >= 15 is 0 Å². The molecular formula is C20H33N5O. The number of nitrogens with zero attached hydrogens (tertiary/aromatic N) is 2. The number of hydrogen-bond donors (Lipinski definition) is 3. The third-order valence-electron chi connectivity index (χ3n) is 4.46. The zero-order valence-electron chi connectivity index (χ0n) is 16.5. The number of benzene rings is 1. The molecule has 0 unspecified atom stereocenters. The summed E-state index contributed by atoms with van der Waals surface area (Å²) >= 11 is 0. The molecule has 1 aliphatic heterocycles. The van der Waals surface area contributed by atoms with Crippen molar-refractivity contribution in [1.82, 2.24) is 15.5 Å². The lowest BCUT2D eigenvalue weighted by molar-refractivity contribution is 0.250. The summed E-state index contributed by atoms with van der Waals surface area (Å²) in [4.78, 5) is 18.9. The number of rotatable bonds is 5. The van der Waals surface area contributed by atoms with E-state index in [0.29, 0.717) is 6.54 Å². The van der Waals surface area contributed by atoms with Gasteiger partial charge in [0.1, 0.15) is 0 Å². The van der Waals surface area contributed by atoms with E-state index in [9.17, 15) is 4.79 Å². The first-order valence-corrected chi connectivity index (χ1v) is 9.67. The van der Waals surface area contributed by atoms with Crippen molar-refractivity contribution in [2.45, 2.75) is 53.1 Å². The number of hydrogen-bond acceptors (Lipinski definition) is 2. The van der Waals surface area contributed by atoms with E-state index in [-0.39, 0.29) is 12.1 Å². The number of likely N-dealkylation sites (tertiary alicyclic amines) is 1. The molecule has 1 aromatic rings. The molecule has 1 aliphatic rings. The number of piperidine rings is 1. The molecule has 1 aromatic carbocycles. The van der Waals surface area contributed by atoms with Gasteiger partial charge in [-0.2, -0.15) is 0 Å². The minimum atomic E-state index is -0.181. The highest BCUT2D eigenvalue weighted by atomic mass is 16.2. The molecule has 2 amide bonds. The van der Waals surface area contributed by atoms with Gasteiger partial charge in [0.2, 0.25) is 0 Å². The van der Waals surface area contributed by atoms with Crippen LogP contribution in [-0.4, -0.2) is 42.6 Å². The van der Waals surface area contributed by atoms with Crippen LogP contribution in [0.1, 0.15) is 46.1 Å². The molecule has 1 saturated heterocycles. The first kappa shape index (κ1) is 20.1. The van der Waals surface area contributed by atoms with Gasteiger partial charge in [0.25, 0.3) is 0 Å². The van der Waals surface area contributed by atoms with Crippen molar-refractivity contribution >= 4 is 17.7 Å². The third kappa shape index (κ3) is 6.58. The molecule has 2 rings (SSSR count). The van der Waals surface area contributed by atoms with Crippen LogP contribution in [0, 0.1) is 5.92 Å². The second-order valence-electron chi connectivity index (χ2n) is 7.29. The number of nitrogens with one attached hydrogen (secondary N) is 3. The lowest BCUT2D eigenvalue weighted by Crippen LogP contribution is -2.45. The van der Waals surface area contributed by atoms with Crippen molar-refractivity contribution in [2.75, 3.05) is 25.0 Å². The first-order chi connectivity index (χ1) is 12.5. The Hall–Kier alpha value is -2.24. The first-order valence-electron chi connectivity index (χ1n) is 9.67. The molecule has 144 valence electrons. The Morgan fingerprint density at radius 3 is 2.46 bits per heavy atom. The van der Waals surface area contributed by atoms with Gasteiger partial charge in [0.15, 0.2) is 5.96 Å². The Bertz CT molecular complexity index is 589. The van der Waals surface area contributed by atoms with Crippen molar-refractivity contribution < 1.29 is 4.79 Å². The number of anilines is 1. The van der Waals surface area contributed by atoms with Crippen LogP contribution in [0.2, 0.25) is 0 Å². The number of guanidine groups is 1. The Balaban J connectivity index is 1.93. The average Bonchev–Trinajstić information content (AvgIpc) is 2.60. The summed E-state index contributed by atoms with van der Waals surface area (Å²) in [5.41, 5.74) is 1.91. The third-order valence-corrected chi connectivity index (χ3v) is 4.46. The number of carbonyl (C=O) groups is 1. The van der Waals surface area contributed by atoms with Crippen LogP contribution in [0.25, 0.3) is 0 Å². The molecule has 3 N–H and O–H groups in total. The van der Waals surface area contributed by atoms with E-state index in [2.05, 4.69) is 34.7 Å². The number of amides is 2. The summed E-state index contributed by atoms with van der Waals surface area (Å²) in [6.07, 6.45) is 2.45. The van der Waals surface area contributed by atoms with Crippen LogP contribution in [0.5, 0.6) is 0 Å². The lowest BCUT2D eigenvalue weighted by Gasteiger charge is -2.33. The normalized spacial score (nSPS) is 15.9. The van der Waals surface area contributed by atoms with E-state index < -0.39 is 0 Å². The maximum Gasteiger partial charge on any atom is 0.319 e. The summed E-state index contributed by atoms with van der Waals surface area (Å²) in [6, 6.07) is 7.79. The fourth-order valence-electron chi connectivity index (χ4n) is 2.94. The van der Waals surface area contributed by atoms with E-state index in [4.69, 9.17) is 4.99 Å². The molecule has 0 spiro atoms. The maximum absolute atomic E-state index is 11.7. The van der Waals surface area contributed by atoms with Crippen LogP contribution in [-0.2, 0) is 6.54 Å². The molecule has 1 heterocycles. The van der Waals surface area contributed by atoms with E-state index in [1.54, 1.807) is 0 Å². The highest BCUT2D eigenvalue weighted by Gasteiger charge is 2.18. The van der Waals surface area contributed by atoms with Gasteiger partial charge in [0.05, 0.1) is 6.54 Å². The monoisotopic (exact) mass is 359 g/mol. The highest BCUT2D eigenvalue weighted by molar-refractivity contribution is 5.89. The van der Waals surface area contributed by atoms with Crippen LogP contribution in [0.3, 0.4) is 0 Å². The Morgan fingerprint density at radius 2 is 1.88 bits per heavy atom. The van der Waals surface area contributed by atoms with Gasteiger partial charge in [-0.05, 0) is 57.2 Å². The topological polar surface area (TPSA) is 68.8 Å². The van der Waals surface area contributed by atoms with Gasteiger partial charge >= 0.3 is 6.03 Å². The van der Waals surface area contributed by atoms with Crippen LogP contribution in [0.15, 0.2) is 29.3 Å². The summed E-state index contributed by atoms with van der Waals surface area (Å²) in [5, 5.41) is 9.05. The van der Waals surface area contributed by atoms with Gasteiger partial charge in [-0.3, -0.25) is 0 Å². The molecule has 26 heavy (non-hydrogen) atoms. The van der Waals surface area contributed by atoms with Gasteiger partial charge < -0.3 is 20.9 Å². The Morgan fingerprint density at radius 1 is 1.23 bits per heavy atom. The van der Waals surface area contributed by atoms with Crippen LogP contribution in [0.4, 0.5) is 10.5 Å². The Labute approximate surface area is 157 Å². The maximum atomic E-state index is 11.7. The zero-order valence-corrected chi connectivity index (χ0v) is 16.5. The molecule has 6 nitrogen and oxygen atoms in total. The molecule has 1 fully saturated rings. The molecule has 0 radical (unpaired) electrons. The second kappa shape index (κ2) is 10.0. The van der Waals surface area contributed by atoms with E-state index in [1.807, 2.05) is 38.1 Å². The van der Waals surface area contributed by atoms with Gasteiger partial charge in [-0.1, -0.05) is 19.1 Å². The summed E-state index contributed by atoms with van der Waals surface area (Å²) < 4.78 is 0. The lowest BCUT2D eigenvalue weighted by atomic mass is 10.00.